The summed E-state index contributed by atoms with van der Waals surface area (Å²) in [5.74, 6) is -0.665. The molecule has 2 heterocycles. The highest BCUT2D eigenvalue weighted by Gasteiger charge is 2.21. The molecule has 20 heavy (non-hydrogen) atoms. The highest BCUT2D eigenvalue weighted by atomic mass is 32.1. The summed E-state index contributed by atoms with van der Waals surface area (Å²) in [5, 5.41) is 4.65. The number of hydrogen-bond acceptors (Lipinski definition) is 5. The largest absolute Gasteiger partial charge is 0.467 e. The average Bonchev–Trinajstić information content (AvgIpc) is 3.06. The van der Waals surface area contributed by atoms with Gasteiger partial charge in [-0.2, -0.15) is 0 Å². The van der Waals surface area contributed by atoms with Gasteiger partial charge in [0.05, 0.1) is 7.11 Å². The minimum atomic E-state index is -0.632. The van der Waals surface area contributed by atoms with Crippen LogP contribution in [0.15, 0.2) is 29.6 Å². The van der Waals surface area contributed by atoms with E-state index >= 15 is 0 Å². The van der Waals surface area contributed by atoms with E-state index in [0.29, 0.717) is 6.42 Å². The van der Waals surface area contributed by atoms with E-state index in [9.17, 15) is 9.59 Å². The maximum absolute atomic E-state index is 11.7. The second kappa shape index (κ2) is 6.67. The van der Waals surface area contributed by atoms with Crippen LogP contribution in [-0.2, 0) is 20.7 Å². The van der Waals surface area contributed by atoms with Crippen LogP contribution in [0.5, 0.6) is 0 Å². The van der Waals surface area contributed by atoms with Gasteiger partial charge in [-0.25, -0.2) is 4.79 Å². The summed E-state index contributed by atoms with van der Waals surface area (Å²) in [4.78, 5) is 26.2. The molecule has 0 bridgehead atoms. The molecule has 0 saturated heterocycles. The molecule has 6 heteroatoms. The first-order valence-electron chi connectivity index (χ1n) is 6.07. The van der Waals surface area contributed by atoms with E-state index in [4.69, 9.17) is 4.74 Å². The summed E-state index contributed by atoms with van der Waals surface area (Å²) in [6.45, 7) is 1.39. The Labute approximate surface area is 125 Å². The van der Waals surface area contributed by atoms with Gasteiger partial charge in [-0.15, -0.1) is 22.7 Å². The Hall–Kier alpha value is -1.66. The molecule has 0 saturated carbocycles. The molecule has 0 unspecified atom stereocenters. The number of ether oxygens (including phenoxy) is 1. The maximum atomic E-state index is 11.7. The predicted octanol–water partition coefficient (Wildman–Crippen LogP) is 2.70. The van der Waals surface area contributed by atoms with Crippen molar-refractivity contribution in [3.63, 3.8) is 0 Å². The van der Waals surface area contributed by atoms with Gasteiger partial charge < -0.3 is 10.1 Å². The van der Waals surface area contributed by atoms with Crippen LogP contribution in [0.1, 0.15) is 11.8 Å². The fourth-order valence-corrected chi connectivity index (χ4v) is 3.71. The van der Waals surface area contributed by atoms with Gasteiger partial charge in [0.1, 0.15) is 6.04 Å². The van der Waals surface area contributed by atoms with Crippen LogP contribution in [0.2, 0.25) is 0 Å². The number of carbonyl (C=O) groups is 2. The van der Waals surface area contributed by atoms with Gasteiger partial charge in [-0.3, -0.25) is 4.79 Å². The van der Waals surface area contributed by atoms with Crippen LogP contribution in [-0.4, -0.2) is 25.0 Å². The molecular formula is C14H15NO3S2. The Morgan fingerprint density at radius 1 is 1.30 bits per heavy atom. The number of carbonyl (C=O) groups excluding carboxylic acids is 2. The van der Waals surface area contributed by atoms with Gasteiger partial charge in [0.2, 0.25) is 5.91 Å². The van der Waals surface area contributed by atoms with Crippen LogP contribution in [0.25, 0.3) is 9.75 Å². The second-order valence-electron chi connectivity index (χ2n) is 4.22. The summed E-state index contributed by atoms with van der Waals surface area (Å²) in [7, 11) is 1.32. The molecule has 0 radical (unpaired) electrons. The number of amides is 1. The Kier molecular flexibility index (Phi) is 4.92. The Balaban J connectivity index is 2.10. The van der Waals surface area contributed by atoms with E-state index in [0.717, 1.165) is 4.88 Å². The van der Waals surface area contributed by atoms with Crippen molar-refractivity contribution >= 4 is 34.6 Å². The number of hydrogen-bond donors (Lipinski definition) is 1. The van der Waals surface area contributed by atoms with Gasteiger partial charge in [0, 0.05) is 28.0 Å². The first kappa shape index (κ1) is 14.7. The molecular weight excluding hydrogens is 294 g/mol. The Morgan fingerprint density at radius 3 is 2.70 bits per heavy atom. The molecule has 1 N–H and O–H groups in total. The Morgan fingerprint density at radius 2 is 2.10 bits per heavy atom. The van der Waals surface area contributed by atoms with Crippen molar-refractivity contribution in [2.24, 2.45) is 0 Å². The molecule has 0 spiro atoms. The number of thiophene rings is 2. The highest BCUT2D eigenvalue weighted by Crippen LogP contribution is 2.31. The summed E-state index contributed by atoms with van der Waals surface area (Å²) >= 11 is 3.30. The molecule has 2 rings (SSSR count). The second-order valence-corrected chi connectivity index (χ2v) is 6.34. The van der Waals surface area contributed by atoms with Crippen molar-refractivity contribution in [2.75, 3.05) is 7.11 Å². The monoisotopic (exact) mass is 309 g/mol. The van der Waals surface area contributed by atoms with Gasteiger partial charge in [0.25, 0.3) is 0 Å². The molecule has 0 fully saturated rings. The third-order valence-corrected chi connectivity index (χ3v) is 4.87. The first-order chi connectivity index (χ1) is 9.60. The lowest BCUT2D eigenvalue weighted by atomic mass is 10.2. The summed E-state index contributed by atoms with van der Waals surface area (Å²) < 4.78 is 4.72. The predicted molar refractivity (Wildman–Crippen MR) is 81.0 cm³/mol. The van der Waals surface area contributed by atoms with Crippen molar-refractivity contribution in [3.05, 3.63) is 34.5 Å². The van der Waals surface area contributed by atoms with Crippen LogP contribution in [0.3, 0.4) is 0 Å². The van der Waals surface area contributed by atoms with Crippen molar-refractivity contribution in [1.82, 2.24) is 5.32 Å². The van der Waals surface area contributed by atoms with Gasteiger partial charge in [0.15, 0.2) is 0 Å². The third kappa shape index (κ3) is 3.68. The van der Waals surface area contributed by atoms with E-state index in [-0.39, 0.29) is 5.91 Å². The molecule has 2 aromatic rings. The minimum absolute atomic E-state index is 0.240. The van der Waals surface area contributed by atoms with E-state index in [2.05, 4.69) is 11.4 Å². The van der Waals surface area contributed by atoms with Gasteiger partial charge in [-0.05, 0) is 23.6 Å². The van der Waals surface area contributed by atoms with Crippen molar-refractivity contribution < 1.29 is 14.3 Å². The number of rotatable bonds is 5. The lowest BCUT2D eigenvalue weighted by Gasteiger charge is -2.14. The van der Waals surface area contributed by atoms with E-state index in [1.807, 2.05) is 23.6 Å². The topological polar surface area (TPSA) is 55.4 Å². The quantitative estimate of drug-likeness (QED) is 0.864. The molecule has 0 aromatic carbocycles. The Bertz CT molecular complexity index is 589. The number of nitrogens with one attached hydrogen (secondary N) is 1. The van der Waals surface area contributed by atoms with Crippen molar-refractivity contribution in [3.8, 4) is 9.75 Å². The van der Waals surface area contributed by atoms with E-state index in [1.54, 1.807) is 22.7 Å². The fraction of sp³-hybridized carbons (Fsp3) is 0.286. The molecule has 0 aliphatic carbocycles. The standard InChI is InChI=1S/C14H15NO3S2/c1-9(16)15-11(14(17)18-2)8-10-5-6-13(20-10)12-4-3-7-19-12/h3-7,11H,8H2,1-2H3,(H,15,16)/t11-/m1/s1. The summed E-state index contributed by atoms with van der Waals surface area (Å²) in [6.07, 6.45) is 0.447. The molecule has 1 atom stereocenters. The van der Waals surface area contributed by atoms with Crippen molar-refractivity contribution in [1.29, 1.82) is 0 Å². The minimum Gasteiger partial charge on any atom is -0.467 e. The molecule has 4 nitrogen and oxygen atoms in total. The summed E-state index contributed by atoms with van der Waals surface area (Å²) in [5.41, 5.74) is 0. The smallest absolute Gasteiger partial charge is 0.328 e. The number of esters is 1. The molecule has 2 aromatic heterocycles. The number of methoxy groups -OCH3 is 1. The van der Waals surface area contributed by atoms with E-state index < -0.39 is 12.0 Å². The average molecular weight is 309 g/mol. The molecule has 1 amide bonds. The zero-order valence-corrected chi connectivity index (χ0v) is 12.8. The third-order valence-electron chi connectivity index (χ3n) is 2.69. The fourth-order valence-electron chi connectivity index (χ4n) is 1.82. The zero-order valence-electron chi connectivity index (χ0n) is 11.2. The van der Waals surface area contributed by atoms with Crippen LogP contribution >= 0.6 is 22.7 Å². The lowest BCUT2D eigenvalue weighted by molar-refractivity contribution is -0.144. The van der Waals surface area contributed by atoms with Gasteiger partial charge >= 0.3 is 5.97 Å². The van der Waals surface area contributed by atoms with Crippen LogP contribution in [0, 0.1) is 0 Å². The van der Waals surface area contributed by atoms with Gasteiger partial charge in [-0.1, -0.05) is 6.07 Å². The summed E-state index contributed by atoms with van der Waals surface area (Å²) in [6, 6.07) is 7.46. The first-order valence-corrected chi connectivity index (χ1v) is 7.77. The van der Waals surface area contributed by atoms with Crippen LogP contribution in [0.4, 0.5) is 0 Å². The zero-order chi connectivity index (χ0) is 14.5. The molecule has 106 valence electrons. The highest BCUT2D eigenvalue weighted by molar-refractivity contribution is 7.21. The SMILES string of the molecule is COC(=O)[C@@H](Cc1ccc(-c2cccs2)s1)NC(C)=O. The van der Waals surface area contributed by atoms with Crippen LogP contribution < -0.4 is 5.32 Å². The van der Waals surface area contributed by atoms with Crippen molar-refractivity contribution in [2.45, 2.75) is 19.4 Å². The molecule has 0 aliphatic rings. The normalized spacial score (nSPS) is 11.9. The maximum Gasteiger partial charge on any atom is 0.328 e. The molecule has 0 aliphatic heterocycles. The lowest BCUT2D eigenvalue weighted by Crippen LogP contribution is -2.41. The van der Waals surface area contributed by atoms with E-state index in [1.165, 1.54) is 23.8 Å².